The van der Waals surface area contributed by atoms with Crippen molar-refractivity contribution in [3.8, 4) is 0 Å². The number of carbonyl (C=O) groups is 1. The maximum atomic E-state index is 11.4. The number of hydrogen-bond acceptors (Lipinski definition) is 3. The molecule has 1 rings (SSSR count). The lowest BCUT2D eigenvalue weighted by molar-refractivity contribution is -0.124. The zero-order valence-corrected chi connectivity index (χ0v) is 8.73. The molecule has 1 amide bonds. The fourth-order valence-electron chi connectivity index (χ4n) is 1.10. The highest BCUT2D eigenvalue weighted by Crippen LogP contribution is 2.04. The highest BCUT2D eigenvalue weighted by molar-refractivity contribution is 5.79. The third-order valence-corrected chi connectivity index (χ3v) is 2.11. The second kappa shape index (κ2) is 6.03. The van der Waals surface area contributed by atoms with Gasteiger partial charge in [-0.2, -0.15) is 0 Å². The van der Waals surface area contributed by atoms with Gasteiger partial charge in [0.15, 0.2) is 0 Å². The predicted octanol–water partition coefficient (Wildman–Crippen LogP) is 1.15. The highest BCUT2D eigenvalue weighted by Gasteiger charge is 2.10. The van der Waals surface area contributed by atoms with Crippen molar-refractivity contribution in [3.05, 3.63) is 30.3 Å². The number of amides is 1. The van der Waals surface area contributed by atoms with Crippen LogP contribution in [0.3, 0.4) is 0 Å². The summed E-state index contributed by atoms with van der Waals surface area (Å²) in [4.78, 5) is 11.4. The average molecular weight is 208 g/mol. The largest absolute Gasteiger partial charge is 0.396 e. The van der Waals surface area contributed by atoms with E-state index in [-0.39, 0.29) is 18.4 Å². The molecule has 4 heteroatoms. The van der Waals surface area contributed by atoms with E-state index in [0.717, 1.165) is 5.69 Å². The van der Waals surface area contributed by atoms with E-state index in [2.05, 4.69) is 10.9 Å². The molecule has 1 atom stereocenters. The molecule has 0 aromatic heterocycles. The van der Waals surface area contributed by atoms with Crippen LogP contribution in [0.1, 0.15) is 13.3 Å². The van der Waals surface area contributed by atoms with Crippen LogP contribution in [0.2, 0.25) is 0 Å². The maximum Gasteiger partial charge on any atom is 0.241 e. The van der Waals surface area contributed by atoms with Gasteiger partial charge in [-0.1, -0.05) is 25.1 Å². The number of anilines is 1. The van der Waals surface area contributed by atoms with Crippen LogP contribution in [-0.4, -0.2) is 17.6 Å². The van der Waals surface area contributed by atoms with Crippen molar-refractivity contribution in [2.45, 2.75) is 13.3 Å². The van der Waals surface area contributed by atoms with Crippen molar-refractivity contribution < 1.29 is 9.90 Å². The van der Waals surface area contributed by atoms with Gasteiger partial charge in [0.05, 0.1) is 5.69 Å². The number of aliphatic hydroxyl groups is 1. The fraction of sp³-hybridized carbons (Fsp3) is 0.364. The molecule has 1 aromatic carbocycles. The SMILES string of the molecule is CC(CCO)C(=O)NNc1ccccc1. The number of benzene rings is 1. The van der Waals surface area contributed by atoms with Crippen molar-refractivity contribution in [3.63, 3.8) is 0 Å². The lowest BCUT2D eigenvalue weighted by Gasteiger charge is -2.12. The van der Waals surface area contributed by atoms with Gasteiger partial charge in [0, 0.05) is 12.5 Å². The van der Waals surface area contributed by atoms with Gasteiger partial charge in [0.25, 0.3) is 0 Å². The van der Waals surface area contributed by atoms with Crippen LogP contribution in [0, 0.1) is 5.92 Å². The van der Waals surface area contributed by atoms with Crippen molar-refractivity contribution in [1.82, 2.24) is 5.43 Å². The number of hydrogen-bond donors (Lipinski definition) is 3. The van der Waals surface area contributed by atoms with Crippen LogP contribution in [0.4, 0.5) is 5.69 Å². The number of aliphatic hydroxyl groups excluding tert-OH is 1. The minimum absolute atomic E-state index is 0.0277. The Kier molecular flexibility index (Phi) is 4.63. The van der Waals surface area contributed by atoms with E-state index in [1.54, 1.807) is 6.92 Å². The first-order chi connectivity index (χ1) is 7.24. The molecule has 4 nitrogen and oxygen atoms in total. The number of para-hydroxylation sites is 1. The Morgan fingerprint density at radius 2 is 2.07 bits per heavy atom. The molecule has 0 saturated heterocycles. The Hall–Kier alpha value is -1.55. The van der Waals surface area contributed by atoms with Gasteiger partial charge in [0.1, 0.15) is 0 Å². The van der Waals surface area contributed by atoms with Crippen molar-refractivity contribution in [2.75, 3.05) is 12.0 Å². The van der Waals surface area contributed by atoms with Gasteiger partial charge in [-0.25, -0.2) is 0 Å². The van der Waals surface area contributed by atoms with E-state index in [1.807, 2.05) is 30.3 Å². The molecule has 1 aromatic rings. The summed E-state index contributed by atoms with van der Waals surface area (Å²) in [7, 11) is 0. The van der Waals surface area contributed by atoms with Gasteiger partial charge >= 0.3 is 0 Å². The fourth-order valence-corrected chi connectivity index (χ4v) is 1.10. The number of hydrazine groups is 1. The molecule has 82 valence electrons. The molecular weight excluding hydrogens is 192 g/mol. The summed E-state index contributed by atoms with van der Waals surface area (Å²) in [5.74, 6) is -0.306. The van der Waals surface area contributed by atoms with Gasteiger partial charge in [0.2, 0.25) is 5.91 Å². The lowest BCUT2D eigenvalue weighted by Crippen LogP contribution is -2.34. The number of rotatable bonds is 5. The Morgan fingerprint density at radius 3 is 2.67 bits per heavy atom. The average Bonchev–Trinajstić information content (AvgIpc) is 2.27. The quantitative estimate of drug-likeness (QED) is 0.636. The Morgan fingerprint density at radius 1 is 1.40 bits per heavy atom. The van der Waals surface area contributed by atoms with E-state index in [4.69, 9.17) is 5.11 Å². The summed E-state index contributed by atoms with van der Waals surface area (Å²) >= 11 is 0. The highest BCUT2D eigenvalue weighted by atomic mass is 16.3. The molecule has 0 fully saturated rings. The summed E-state index contributed by atoms with van der Waals surface area (Å²) in [5, 5.41) is 8.67. The minimum atomic E-state index is -0.189. The topological polar surface area (TPSA) is 61.4 Å². The Labute approximate surface area is 89.3 Å². The Balaban J connectivity index is 2.34. The lowest BCUT2D eigenvalue weighted by atomic mass is 10.1. The summed E-state index contributed by atoms with van der Waals surface area (Å²) in [6.07, 6.45) is 0.475. The van der Waals surface area contributed by atoms with Gasteiger partial charge in [-0.3, -0.25) is 15.6 Å². The van der Waals surface area contributed by atoms with Gasteiger partial charge in [-0.05, 0) is 18.6 Å². The molecule has 0 aliphatic carbocycles. The van der Waals surface area contributed by atoms with E-state index in [9.17, 15) is 4.79 Å². The third kappa shape index (κ3) is 3.99. The number of carbonyl (C=O) groups excluding carboxylic acids is 1. The Bertz CT molecular complexity index is 301. The first kappa shape index (κ1) is 11.5. The van der Waals surface area contributed by atoms with Crippen LogP contribution in [0.15, 0.2) is 30.3 Å². The van der Waals surface area contributed by atoms with E-state index in [1.165, 1.54) is 0 Å². The molecule has 0 radical (unpaired) electrons. The molecule has 15 heavy (non-hydrogen) atoms. The zero-order chi connectivity index (χ0) is 11.1. The second-order valence-electron chi connectivity index (χ2n) is 3.39. The van der Waals surface area contributed by atoms with Crippen molar-refractivity contribution in [2.24, 2.45) is 5.92 Å². The summed E-state index contributed by atoms with van der Waals surface area (Å²) in [5.41, 5.74) is 6.22. The van der Waals surface area contributed by atoms with Crippen molar-refractivity contribution in [1.29, 1.82) is 0 Å². The van der Waals surface area contributed by atoms with Crippen LogP contribution < -0.4 is 10.9 Å². The van der Waals surface area contributed by atoms with E-state index < -0.39 is 0 Å². The molecule has 0 aliphatic heterocycles. The molecule has 0 aliphatic rings. The molecule has 0 bridgehead atoms. The monoisotopic (exact) mass is 208 g/mol. The van der Waals surface area contributed by atoms with Crippen molar-refractivity contribution >= 4 is 11.6 Å². The maximum absolute atomic E-state index is 11.4. The third-order valence-electron chi connectivity index (χ3n) is 2.11. The summed E-state index contributed by atoms with van der Waals surface area (Å²) < 4.78 is 0. The molecule has 0 heterocycles. The van der Waals surface area contributed by atoms with Crippen LogP contribution in [-0.2, 0) is 4.79 Å². The van der Waals surface area contributed by atoms with Crippen LogP contribution in [0.5, 0.6) is 0 Å². The molecule has 3 N–H and O–H groups in total. The van der Waals surface area contributed by atoms with E-state index >= 15 is 0 Å². The first-order valence-corrected chi connectivity index (χ1v) is 4.96. The molecule has 0 saturated carbocycles. The normalized spacial score (nSPS) is 11.9. The molecular formula is C11H16N2O2. The summed E-state index contributed by atoms with van der Waals surface area (Å²) in [6, 6.07) is 9.38. The van der Waals surface area contributed by atoms with Gasteiger partial charge in [-0.15, -0.1) is 0 Å². The number of nitrogens with one attached hydrogen (secondary N) is 2. The standard InChI is InChI=1S/C11H16N2O2/c1-9(7-8-14)11(15)13-12-10-5-3-2-4-6-10/h2-6,9,12,14H,7-8H2,1H3,(H,13,15). The van der Waals surface area contributed by atoms with Crippen LogP contribution in [0.25, 0.3) is 0 Å². The van der Waals surface area contributed by atoms with E-state index in [0.29, 0.717) is 6.42 Å². The second-order valence-corrected chi connectivity index (χ2v) is 3.39. The first-order valence-electron chi connectivity index (χ1n) is 4.96. The minimum Gasteiger partial charge on any atom is -0.396 e. The zero-order valence-electron chi connectivity index (χ0n) is 8.73. The molecule has 1 unspecified atom stereocenters. The smallest absolute Gasteiger partial charge is 0.241 e. The van der Waals surface area contributed by atoms with Gasteiger partial charge < -0.3 is 5.11 Å². The molecule has 0 spiro atoms. The predicted molar refractivity (Wildman–Crippen MR) is 59.1 cm³/mol. The summed E-state index contributed by atoms with van der Waals surface area (Å²) in [6.45, 7) is 1.80. The van der Waals surface area contributed by atoms with Crippen LogP contribution >= 0.6 is 0 Å².